The van der Waals surface area contributed by atoms with Crippen LogP contribution >= 0.6 is 0 Å². The van der Waals surface area contributed by atoms with E-state index in [1.165, 1.54) is 16.4 Å². The lowest BCUT2D eigenvalue weighted by molar-refractivity contribution is 0.0695. The van der Waals surface area contributed by atoms with E-state index < -0.39 is 16.0 Å². The highest BCUT2D eigenvalue weighted by Crippen LogP contribution is 2.21. The molecule has 0 amide bonds. The van der Waals surface area contributed by atoms with E-state index in [4.69, 9.17) is 0 Å². The molecule has 1 aromatic carbocycles. The zero-order valence-electron chi connectivity index (χ0n) is 12.8. The first-order chi connectivity index (χ1) is 9.88. The second kappa shape index (κ2) is 7.56. The van der Waals surface area contributed by atoms with Crippen LogP contribution in [0.25, 0.3) is 0 Å². The van der Waals surface area contributed by atoms with Crippen LogP contribution in [0.2, 0.25) is 0 Å². The van der Waals surface area contributed by atoms with E-state index in [9.17, 15) is 18.3 Å². The number of carbonyl (C=O) groups is 1. The molecule has 0 aromatic heterocycles. The number of carboxylic acids is 1. The Bertz CT molecular complexity index is 596. The number of aromatic carboxylic acids is 1. The number of rotatable bonds is 8. The highest BCUT2D eigenvalue weighted by molar-refractivity contribution is 7.89. The van der Waals surface area contributed by atoms with Gasteiger partial charge >= 0.3 is 5.97 Å². The molecular weight excluding hydrogens is 290 g/mol. The first-order valence-corrected chi connectivity index (χ1v) is 8.68. The largest absolute Gasteiger partial charge is 0.478 e. The Labute approximate surface area is 126 Å². The zero-order chi connectivity index (χ0) is 16.0. The number of aryl methyl sites for hydroxylation is 1. The monoisotopic (exact) mass is 313 g/mol. The Hall–Kier alpha value is -1.40. The van der Waals surface area contributed by atoms with Gasteiger partial charge in [0, 0.05) is 13.1 Å². The first-order valence-electron chi connectivity index (χ1n) is 7.24. The lowest BCUT2D eigenvalue weighted by Gasteiger charge is -2.20. The molecule has 0 aliphatic heterocycles. The van der Waals surface area contributed by atoms with Crippen LogP contribution in [-0.4, -0.2) is 36.9 Å². The third kappa shape index (κ3) is 4.04. The molecule has 0 aliphatic carbocycles. The molecule has 1 N–H and O–H groups in total. The number of hydrogen-bond acceptors (Lipinski definition) is 3. The average molecular weight is 313 g/mol. The topological polar surface area (TPSA) is 74.7 Å². The van der Waals surface area contributed by atoms with Crippen molar-refractivity contribution in [2.24, 2.45) is 0 Å². The van der Waals surface area contributed by atoms with E-state index >= 15 is 0 Å². The minimum atomic E-state index is -3.63. The number of benzene rings is 1. The summed E-state index contributed by atoms with van der Waals surface area (Å²) >= 11 is 0. The Morgan fingerprint density at radius 2 is 1.90 bits per heavy atom. The van der Waals surface area contributed by atoms with Gasteiger partial charge in [-0.15, -0.1) is 0 Å². The fourth-order valence-corrected chi connectivity index (χ4v) is 3.67. The predicted molar refractivity (Wildman–Crippen MR) is 82.1 cm³/mol. The van der Waals surface area contributed by atoms with E-state index in [-0.39, 0.29) is 10.5 Å². The Balaban J connectivity index is 3.24. The summed E-state index contributed by atoms with van der Waals surface area (Å²) in [5, 5.41) is 9.22. The maximum atomic E-state index is 12.6. The fourth-order valence-electron chi connectivity index (χ4n) is 2.16. The van der Waals surface area contributed by atoms with Gasteiger partial charge in [-0.2, -0.15) is 4.31 Å². The fraction of sp³-hybridized carbons (Fsp3) is 0.533. The van der Waals surface area contributed by atoms with E-state index in [1.54, 1.807) is 13.0 Å². The molecule has 0 spiro atoms. The normalized spacial score (nSPS) is 11.8. The van der Waals surface area contributed by atoms with Gasteiger partial charge in [0.2, 0.25) is 10.0 Å². The van der Waals surface area contributed by atoms with Gasteiger partial charge in [-0.1, -0.05) is 33.3 Å². The standard InChI is InChI=1S/C15H23NO4S/c1-4-7-10-16(6-3)21(19,20)13-9-8-12(5-2)14(11-13)15(17)18/h8-9,11H,4-7,10H2,1-3H3,(H,17,18). The van der Waals surface area contributed by atoms with Crippen molar-refractivity contribution in [1.29, 1.82) is 0 Å². The molecule has 0 bridgehead atoms. The number of carboxylic acid groups (broad SMARTS) is 1. The zero-order valence-corrected chi connectivity index (χ0v) is 13.6. The third-order valence-corrected chi connectivity index (χ3v) is 5.41. The van der Waals surface area contributed by atoms with Gasteiger partial charge in [0.15, 0.2) is 0 Å². The quantitative estimate of drug-likeness (QED) is 0.801. The summed E-state index contributed by atoms with van der Waals surface area (Å²) in [6.07, 6.45) is 2.24. The molecule has 1 aromatic rings. The van der Waals surface area contributed by atoms with Crippen molar-refractivity contribution in [3.63, 3.8) is 0 Å². The van der Waals surface area contributed by atoms with E-state index in [1.807, 2.05) is 13.8 Å². The second-order valence-corrected chi connectivity index (χ2v) is 6.77. The van der Waals surface area contributed by atoms with Crippen molar-refractivity contribution in [2.75, 3.05) is 13.1 Å². The summed E-state index contributed by atoms with van der Waals surface area (Å²) in [6.45, 7) is 6.45. The smallest absolute Gasteiger partial charge is 0.336 e. The van der Waals surface area contributed by atoms with E-state index in [0.717, 1.165) is 12.8 Å². The number of nitrogens with zero attached hydrogens (tertiary/aromatic N) is 1. The third-order valence-electron chi connectivity index (χ3n) is 3.44. The second-order valence-electron chi connectivity index (χ2n) is 4.83. The summed E-state index contributed by atoms with van der Waals surface area (Å²) in [7, 11) is -3.63. The molecule has 6 heteroatoms. The first kappa shape index (κ1) is 17.7. The van der Waals surface area contributed by atoms with Crippen LogP contribution in [0.15, 0.2) is 23.1 Å². The Morgan fingerprint density at radius 3 is 2.38 bits per heavy atom. The van der Waals surface area contributed by atoms with Crippen LogP contribution < -0.4 is 0 Å². The molecule has 0 unspecified atom stereocenters. The average Bonchev–Trinajstić information content (AvgIpc) is 2.46. The summed E-state index contributed by atoms with van der Waals surface area (Å²) in [4.78, 5) is 11.3. The lowest BCUT2D eigenvalue weighted by Crippen LogP contribution is -2.32. The van der Waals surface area contributed by atoms with Crippen molar-refractivity contribution in [3.8, 4) is 0 Å². The van der Waals surface area contributed by atoms with Crippen LogP contribution in [0.1, 0.15) is 49.5 Å². The highest BCUT2D eigenvalue weighted by atomic mass is 32.2. The van der Waals surface area contributed by atoms with Gasteiger partial charge in [0.05, 0.1) is 10.5 Å². The number of sulfonamides is 1. The molecule has 0 saturated heterocycles. The Kier molecular flexibility index (Phi) is 6.36. The number of hydrogen-bond donors (Lipinski definition) is 1. The van der Waals surface area contributed by atoms with Crippen molar-refractivity contribution in [1.82, 2.24) is 4.31 Å². The van der Waals surface area contributed by atoms with Gasteiger partial charge in [0.1, 0.15) is 0 Å². The minimum absolute atomic E-state index is 0.0510. The van der Waals surface area contributed by atoms with Gasteiger partial charge in [-0.25, -0.2) is 13.2 Å². The molecule has 0 atom stereocenters. The predicted octanol–water partition coefficient (Wildman–Crippen LogP) is 2.76. The van der Waals surface area contributed by atoms with Crippen molar-refractivity contribution in [2.45, 2.75) is 44.9 Å². The number of unbranched alkanes of at least 4 members (excludes halogenated alkanes) is 1. The van der Waals surface area contributed by atoms with Crippen molar-refractivity contribution in [3.05, 3.63) is 29.3 Å². The molecule has 118 valence electrons. The van der Waals surface area contributed by atoms with Crippen molar-refractivity contribution < 1.29 is 18.3 Å². The summed E-state index contributed by atoms with van der Waals surface area (Å²) < 4.78 is 26.5. The van der Waals surface area contributed by atoms with Crippen LogP contribution in [-0.2, 0) is 16.4 Å². The molecule has 0 aliphatic rings. The van der Waals surface area contributed by atoms with Gasteiger partial charge in [-0.05, 0) is 30.5 Å². The molecule has 0 saturated carbocycles. The van der Waals surface area contributed by atoms with Gasteiger partial charge in [-0.3, -0.25) is 0 Å². The molecule has 1 rings (SSSR count). The van der Waals surface area contributed by atoms with Gasteiger partial charge < -0.3 is 5.11 Å². The maximum absolute atomic E-state index is 12.6. The van der Waals surface area contributed by atoms with Crippen LogP contribution in [0, 0.1) is 0 Å². The molecule has 5 nitrogen and oxygen atoms in total. The minimum Gasteiger partial charge on any atom is -0.478 e. The van der Waals surface area contributed by atoms with E-state index in [0.29, 0.717) is 25.1 Å². The van der Waals surface area contributed by atoms with Crippen LogP contribution in [0.5, 0.6) is 0 Å². The summed E-state index contributed by atoms with van der Waals surface area (Å²) in [5.41, 5.74) is 0.697. The highest BCUT2D eigenvalue weighted by Gasteiger charge is 2.24. The lowest BCUT2D eigenvalue weighted by atomic mass is 10.1. The van der Waals surface area contributed by atoms with Crippen molar-refractivity contribution >= 4 is 16.0 Å². The SMILES string of the molecule is CCCCN(CC)S(=O)(=O)c1ccc(CC)c(C(=O)O)c1. The summed E-state index contributed by atoms with van der Waals surface area (Å²) in [5.74, 6) is -1.10. The molecule has 21 heavy (non-hydrogen) atoms. The van der Waals surface area contributed by atoms with E-state index in [2.05, 4.69) is 0 Å². The molecule has 0 heterocycles. The molecule has 0 fully saturated rings. The summed E-state index contributed by atoms with van der Waals surface area (Å²) in [6, 6.07) is 4.35. The van der Waals surface area contributed by atoms with Crippen LogP contribution in [0.4, 0.5) is 0 Å². The van der Waals surface area contributed by atoms with Gasteiger partial charge in [0.25, 0.3) is 0 Å². The molecule has 0 radical (unpaired) electrons. The van der Waals surface area contributed by atoms with Crippen LogP contribution in [0.3, 0.4) is 0 Å². The maximum Gasteiger partial charge on any atom is 0.336 e. The molecular formula is C15H23NO4S. The Morgan fingerprint density at radius 1 is 1.24 bits per heavy atom.